The Morgan fingerprint density at radius 2 is 1.20 bits per heavy atom. The first-order valence-electron chi connectivity index (χ1n) is 6.93. The van der Waals surface area contributed by atoms with Crippen LogP contribution in [0, 0.1) is 0 Å². The van der Waals surface area contributed by atoms with Gasteiger partial charge < -0.3 is 0 Å². The van der Waals surface area contributed by atoms with Crippen LogP contribution in [0.5, 0.6) is 0 Å². The van der Waals surface area contributed by atoms with E-state index in [1.54, 1.807) is 0 Å². The number of hydrogen-bond acceptors (Lipinski definition) is 6. The van der Waals surface area contributed by atoms with Gasteiger partial charge in [-0.1, -0.05) is 0 Å². The van der Waals surface area contributed by atoms with Crippen LogP contribution >= 0.6 is 59.3 Å². The van der Waals surface area contributed by atoms with Crippen molar-refractivity contribution in [3.8, 4) is 0 Å². The van der Waals surface area contributed by atoms with E-state index in [1.807, 2.05) is 0 Å². The van der Waals surface area contributed by atoms with Crippen LogP contribution in [0.25, 0.3) is 0 Å². The van der Waals surface area contributed by atoms with Crippen LogP contribution in [-0.2, 0) is 0 Å². The summed E-state index contributed by atoms with van der Waals surface area (Å²) in [6.07, 6.45) is 2.92. The molecule has 2 unspecified atom stereocenters. The van der Waals surface area contributed by atoms with E-state index in [2.05, 4.69) is 87.0 Å². The second-order valence-corrected chi connectivity index (χ2v) is 50.2. The molecule has 0 N–H and O–H groups in total. The van der Waals surface area contributed by atoms with Crippen LogP contribution in [0.2, 0.25) is 0 Å². The third kappa shape index (κ3) is 7.29. The Morgan fingerprint density at radius 1 is 0.850 bits per heavy atom. The topological polar surface area (TPSA) is 0 Å². The van der Waals surface area contributed by atoms with Gasteiger partial charge in [0, 0.05) is 23.9 Å². The molecule has 0 amide bonds. The summed E-state index contributed by atoms with van der Waals surface area (Å²) < 4.78 is 1.87. The maximum absolute atomic E-state index is 2.46. The Morgan fingerprint density at radius 3 is 1.40 bits per heavy atom. The van der Waals surface area contributed by atoms with Gasteiger partial charge in [0.15, 0.2) is 0 Å². The Hall–Kier alpha value is 3.70. The molecule has 0 aromatic rings. The van der Waals surface area contributed by atoms with Gasteiger partial charge in [-0.15, -0.1) is 0 Å². The Kier molecular flexibility index (Phi) is 11.6. The minimum Gasteiger partial charge on any atom is 0 e. The molecule has 0 bridgehead atoms. The van der Waals surface area contributed by atoms with E-state index in [0.29, 0.717) is 0 Å². The van der Waals surface area contributed by atoms with Gasteiger partial charge in [-0.2, -0.15) is 0 Å². The summed E-state index contributed by atoms with van der Waals surface area (Å²) in [6.45, 7) is 9.61. The molecule has 0 saturated carbocycles. The predicted molar refractivity (Wildman–Crippen MR) is 114 cm³/mol. The summed E-state index contributed by atoms with van der Waals surface area (Å²) in [7, 11) is 9.73. The van der Waals surface area contributed by atoms with Crippen LogP contribution in [0.1, 0.15) is 40.5 Å². The quantitative estimate of drug-likeness (QED) is 0.326. The van der Waals surface area contributed by atoms with E-state index < -0.39 is 12.8 Å². The minimum absolute atomic E-state index is 0. The van der Waals surface area contributed by atoms with Gasteiger partial charge in [-0.25, -0.2) is 0 Å². The molecule has 8 heteroatoms. The number of hydrogen-bond donors (Lipinski definition) is 0. The molecule has 2 heterocycles. The first kappa shape index (κ1) is 21.7. The van der Waals surface area contributed by atoms with Crippen LogP contribution in [0.4, 0.5) is 0 Å². The van der Waals surface area contributed by atoms with E-state index in [1.165, 1.54) is 24.3 Å². The fraction of sp³-hybridized carbons (Fsp3) is 1.00. The maximum Gasteiger partial charge on any atom is 0 e. The molecule has 2 aliphatic rings. The number of rotatable bonds is 8. The summed E-state index contributed by atoms with van der Waals surface area (Å²) in [6, 6.07) is 0. The Labute approximate surface area is 165 Å². The summed E-state index contributed by atoms with van der Waals surface area (Å²) in [5, 5.41) is 1.61. The van der Waals surface area contributed by atoms with Crippen LogP contribution in [-0.4, -0.2) is 67.9 Å². The second kappa shape index (κ2) is 10.6. The molecule has 0 aromatic carbocycles. The zero-order chi connectivity index (χ0) is 13.9. The van der Waals surface area contributed by atoms with Crippen LogP contribution < -0.4 is 0 Å². The number of thioether (sulfide) groups is 2. The molecule has 20 heavy (non-hydrogen) atoms. The van der Waals surface area contributed by atoms with Crippen molar-refractivity contribution >= 4 is 96.1 Å². The van der Waals surface area contributed by atoms with Crippen molar-refractivity contribution in [1.29, 1.82) is 0 Å². The molecule has 2 fully saturated rings. The standard InChI is InChI=1S/2C3H6S2.2C3H8S.2Sn/c2*4-3-1-2-5-3;2*1-3(2)4;;/h2*3-4H,1-2H2;2*3-4H,1-2H3;;/q;;;;;+4/p-4. The maximum atomic E-state index is 2.46. The molecular weight excluding hydrogens is 574 g/mol. The van der Waals surface area contributed by atoms with Crippen molar-refractivity contribution in [1.82, 2.24) is 0 Å². The van der Waals surface area contributed by atoms with Gasteiger partial charge in [0.2, 0.25) is 0 Å². The van der Waals surface area contributed by atoms with Gasteiger partial charge in [0.25, 0.3) is 0 Å². The largest absolute Gasteiger partial charge is 0 e. The van der Waals surface area contributed by atoms with Gasteiger partial charge in [0.05, 0.1) is 0 Å². The molecule has 0 aromatic heterocycles. The zero-order valence-electron chi connectivity index (χ0n) is 12.6. The smallest absolute Gasteiger partial charge is 0 e. The third-order valence-corrected chi connectivity index (χ3v) is 58.3. The summed E-state index contributed by atoms with van der Waals surface area (Å²) >= 11 is 2.19. The van der Waals surface area contributed by atoms with Crippen molar-refractivity contribution in [3.05, 3.63) is 0 Å². The van der Waals surface area contributed by atoms with Crippen LogP contribution in [0.3, 0.4) is 0 Å². The summed E-state index contributed by atoms with van der Waals surface area (Å²) in [5.41, 5.74) is 0. The van der Waals surface area contributed by atoms with Crippen molar-refractivity contribution in [2.24, 2.45) is 0 Å². The molecule has 2 saturated heterocycles. The average Bonchev–Trinajstić information content (AvgIpc) is 2.16. The molecule has 2 aliphatic heterocycles. The molecule has 4 radical (unpaired) electrons. The zero-order valence-corrected chi connectivity index (χ0v) is 23.2. The molecule has 2 rings (SSSR count). The van der Waals surface area contributed by atoms with E-state index in [-0.39, 0.29) is 23.9 Å². The van der Waals surface area contributed by atoms with Gasteiger partial charge in [-0.3, -0.25) is 0 Å². The molecule has 2 atom stereocenters. The fourth-order valence-corrected chi connectivity index (χ4v) is 87.5. The monoisotopic (exact) mass is 600 g/mol. The molecule has 116 valence electrons. The van der Waals surface area contributed by atoms with E-state index >= 15 is 0 Å². The molecular formula is C12H24S6Sn2. The van der Waals surface area contributed by atoms with Gasteiger partial charge >= 0.3 is 144 Å². The Bertz CT molecular complexity index is 253. The van der Waals surface area contributed by atoms with Crippen LogP contribution in [0.15, 0.2) is 0 Å². The average molecular weight is 598 g/mol. The predicted octanol–water partition coefficient (Wildman–Crippen LogP) is 5.72. The van der Waals surface area contributed by atoms with E-state index in [0.717, 1.165) is 19.7 Å². The normalized spacial score (nSPS) is 26.1. The SMILES string of the molecule is CC(C)[S][Sn]([S]C(C)C)([S]C1CCS1)[S]C1CCS1.[Sn]. The Balaban J connectivity index is 0.00000200. The van der Waals surface area contributed by atoms with E-state index in [9.17, 15) is 0 Å². The second-order valence-electron chi connectivity index (χ2n) is 5.25. The molecule has 0 nitrogen and oxygen atoms in total. The fourth-order valence-electron chi connectivity index (χ4n) is 1.68. The van der Waals surface area contributed by atoms with Crippen molar-refractivity contribution in [3.63, 3.8) is 0 Å². The molecule has 0 spiro atoms. The van der Waals surface area contributed by atoms with Gasteiger partial charge in [0.1, 0.15) is 0 Å². The third-order valence-electron chi connectivity index (χ3n) is 2.63. The van der Waals surface area contributed by atoms with Crippen molar-refractivity contribution in [2.75, 3.05) is 11.5 Å². The van der Waals surface area contributed by atoms with Gasteiger partial charge in [-0.05, 0) is 0 Å². The van der Waals surface area contributed by atoms with Crippen molar-refractivity contribution in [2.45, 2.75) is 60.2 Å². The van der Waals surface area contributed by atoms with E-state index in [4.69, 9.17) is 0 Å². The molecule has 0 aliphatic carbocycles. The first-order chi connectivity index (χ1) is 8.99. The minimum atomic E-state index is -2.22. The summed E-state index contributed by atoms with van der Waals surface area (Å²) in [5.74, 6) is 2.81. The summed E-state index contributed by atoms with van der Waals surface area (Å²) in [4.78, 5) is 0. The van der Waals surface area contributed by atoms with Crippen molar-refractivity contribution < 1.29 is 0 Å². The first-order valence-corrected chi connectivity index (χ1v) is 26.5.